The lowest BCUT2D eigenvalue weighted by molar-refractivity contribution is -0.0530. The first-order valence-corrected chi connectivity index (χ1v) is 6.11. The highest BCUT2D eigenvalue weighted by Crippen LogP contribution is 2.20. The number of aryl methyl sites for hydroxylation is 2. The van der Waals surface area contributed by atoms with E-state index in [1.807, 2.05) is 13.8 Å². The third-order valence-electron chi connectivity index (χ3n) is 2.97. The van der Waals surface area contributed by atoms with Crippen molar-refractivity contribution in [2.75, 3.05) is 18.4 Å². The standard InChI is InChI=1S/C12H19N3O3/c1-7-5-15(6-8(2)17-7)12(16)13-11-9(3)14-18-10(11)4/h7-8H,5-6H2,1-4H3,(H,13,16)/t7-,8-/m1/s1. The Morgan fingerprint density at radius 3 is 2.44 bits per heavy atom. The molecule has 6 nitrogen and oxygen atoms in total. The van der Waals surface area contributed by atoms with E-state index in [2.05, 4.69) is 10.5 Å². The molecular formula is C12H19N3O3. The fourth-order valence-corrected chi connectivity index (χ4v) is 2.19. The predicted molar refractivity (Wildman–Crippen MR) is 66.6 cm³/mol. The number of morpholine rings is 1. The Bertz CT molecular complexity index is 414. The lowest BCUT2D eigenvalue weighted by atomic mass is 10.2. The quantitative estimate of drug-likeness (QED) is 0.830. The monoisotopic (exact) mass is 253 g/mol. The number of carbonyl (C=O) groups excluding carboxylic acids is 1. The van der Waals surface area contributed by atoms with Gasteiger partial charge in [-0.15, -0.1) is 0 Å². The molecule has 0 spiro atoms. The SMILES string of the molecule is Cc1noc(C)c1NC(=O)N1C[C@@H](C)O[C@H](C)C1. The van der Waals surface area contributed by atoms with Gasteiger partial charge in [0.15, 0.2) is 5.76 Å². The van der Waals surface area contributed by atoms with E-state index in [1.165, 1.54) is 0 Å². The zero-order valence-electron chi connectivity index (χ0n) is 11.2. The van der Waals surface area contributed by atoms with Crippen LogP contribution in [-0.4, -0.2) is 41.4 Å². The van der Waals surface area contributed by atoms with Gasteiger partial charge in [0, 0.05) is 13.1 Å². The molecule has 0 aromatic carbocycles. The number of hydrogen-bond acceptors (Lipinski definition) is 4. The van der Waals surface area contributed by atoms with Crippen molar-refractivity contribution in [2.24, 2.45) is 0 Å². The second-order valence-corrected chi connectivity index (χ2v) is 4.79. The molecule has 6 heteroatoms. The number of ether oxygens (including phenoxy) is 1. The molecule has 0 unspecified atom stereocenters. The summed E-state index contributed by atoms with van der Waals surface area (Å²) in [5, 5.41) is 6.66. The first kappa shape index (κ1) is 12.9. The molecule has 1 aliphatic rings. The molecule has 2 heterocycles. The van der Waals surface area contributed by atoms with Crippen LogP contribution in [0.2, 0.25) is 0 Å². The Balaban J connectivity index is 2.04. The van der Waals surface area contributed by atoms with E-state index >= 15 is 0 Å². The highest BCUT2D eigenvalue weighted by molar-refractivity contribution is 5.90. The molecule has 1 fully saturated rings. The summed E-state index contributed by atoms with van der Waals surface area (Å²) in [4.78, 5) is 13.9. The number of urea groups is 1. The fourth-order valence-electron chi connectivity index (χ4n) is 2.19. The third kappa shape index (κ3) is 2.64. The van der Waals surface area contributed by atoms with E-state index in [9.17, 15) is 4.79 Å². The Morgan fingerprint density at radius 1 is 1.33 bits per heavy atom. The summed E-state index contributed by atoms with van der Waals surface area (Å²) in [6.07, 6.45) is 0.119. The molecule has 0 radical (unpaired) electrons. The van der Waals surface area contributed by atoms with Crippen LogP contribution in [0.4, 0.5) is 10.5 Å². The minimum absolute atomic E-state index is 0.0594. The second kappa shape index (κ2) is 4.97. The molecule has 2 amide bonds. The lowest BCUT2D eigenvalue weighted by Gasteiger charge is -2.35. The Labute approximate surface area is 106 Å². The molecule has 1 aromatic rings. The molecule has 2 rings (SSSR count). The highest BCUT2D eigenvalue weighted by Gasteiger charge is 2.26. The van der Waals surface area contributed by atoms with Crippen molar-refractivity contribution < 1.29 is 14.1 Å². The first-order valence-electron chi connectivity index (χ1n) is 6.11. The van der Waals surface area contributed by atoms with E-state index in [-0.39, 0.29) is 18.2 Å². The number of anilines is 1. The minimum Gasteiger partial charge on any atom is -0.372 e. The van der Waals surface area contributed by atoms with Crippen LogP contribution in [0, 0.1) is 13.8 Å². The van der Waals surface area contributed by atoms with E-state index in [0.29, 0.717) is 30.2 Å². The molecule has 1 aromatic heterocycles. The number of carbonyl (C=O) groups is 1. The van der Waals surface area contributed by atoms with Crippen LogP contribution < -0.4 is 5.32 Å². The van der Waals surface area contributed by atoms with Gasteiger partial charge in [0.2, 0.25) is 0 Å². The Kier molecular flexibility index (Phi) is 3.56. The van der Waals surface area contributed by atoms with Crippen molar-refractivity contribution in [1.82, 2.24) is 10.1 Å². The van der Waals surface area contributed by atoms with Gasteiger partial charge in [0.05, 0.1) is 12.2 Å². The normalized spacial score (nSPS) is 24.1. The van der Waals surface area contributed by atoms with Crippen LogP contribution in [0.25, 0.3) is 0 Å². The van der Waals surface area contributed by atoms with Gasteiger partial charge in [-0.3, -0.25) is 0 Å². The van der Waals surface area contributed by atoms with Gasteiger partial charge in [-0.05, 0) is 27.7 Å². The summed E-state index contributed by atoms with van der Waals surface area (Å²) in [6.45, 7) is 8.70. The number of nitrogens with zero attached hydrogens (tertiary/aromatic N) is 2. The summed E-state index contributed by atoms with van der Waals surface area (Å²) >= 11 is 0. The average Bonchev–Trinajstić information content (AvgIpc) is 2.59. The average molecular weight is 253 g/mol. The van der Waals surface area contributed by atoms with Crippen molar-refractivity contribution in [1.29, 1.82) is 0 Å². The zero-order valence-corrected chi connectivity index (χ0v) is 11.2. The van der Waals surface area contributed by atoms with Gasteiger partial charge in [-0.2, -0.15) is 0 Å². The van der Waals surface area contributed by atoms with E-state index in [1.54, 1.807) is 18.7 Å². The Hall–Kier alpha value is -1.56. The number of hydrogen-bond donors (Lipinski definition) is 1. The summed E-state index contributed by atoms with van der Waals surface area (Å²) in [7, 11) is 0. The smallest absolute Gasteiger partial charge is 0.322 e. The molecule has 2 atom stereocenters. The van der Waals surface area contributed by atoms with Crippen LogP contribution in [0.3, 0.4) is 0 Å². The number of rotatable bonds is 1. The maximum atomic E-state index is 12.2. The maximum absolute atomic E-state index is 12.2. The van der Waals surface area contributed by atoms with Crippen LogP contribution in [0.1, 0.15) is 25.3 Å². The molecule has 0 bridgehead atoms. The third-order valence-corrected chi connectivity index (χ3v) is 2.97. The van der Waals surface area contributed by atoms with E-state index in [0.717, 1.165) is 0 Å². The fraction of sp³-hybridized carbons (Fsp3) is 0.667. The lowest BCUT2D eigenvalue weighted by Crippen LogP contribution is -2.49. The molecular weight excluding hydrogens is 234 g/mol. The van der Waals surface area contributed by atoms with Gasteiger partial charge in [-0.25, -0.2) is 4.79 Å². The van der Waals surface area contributed by atoms with Crippen LogP contribution in [0.15, 0.2) is 4.52 Å². The molecule has 0 saturated carbocycles. The topological polar surface area (TPSA) is 67.6 Å². The van der Waals surface area contributed by atoms with Gasteiger partial charge in [0.25, 0.3) is 0 Å². The number of aromatic nitrogens is 1. The van der Waals surface area contributed by atoms with Gasteiger partial charge in [-0.1, -0.05) is 5.16 Å². The van der Waals surface area contributed by atoms with E-state index < -0.39 is 0 Å². The number of nitrogens with one attached hydrogen (secondary N) is 1. The van der Waals surface area contributed by atoms with Crippen molar-refractivity contribution in [3.8, 4) is 0 Å². The minimum atomic E-state index is -0.133. The largest absolute Gasteiger partial charge is 0.372 e. The predicted octanol–water partition coefficient (Wildman–Crippen LogP) is 1.93. The van der Waals surface area contributed by atoms with Gasteiger partial charge >= 0.3 is 6.03 Å². The highest BCUT2D eigenvalue weighted by atomic mass is 16.5. The molecule has 0 aliphatic carbocycles. The number of amides is 2. The molecule has 100 valence electrons. The molecule has 1 saturated heterocycles. The van der Waals surface area contributed by atoms with Crippen LogP contribution in [0.5, 0.6) is 0 Å². The zero-order chi connectivity index (χ0) is 13.3. The Morgan fingerprint density at radius 2 is 1.94 bits per heavy atom. The molecule has 1 N–H and O–H groups in total. The van der Waals surface area contributed by atoms with Gasteiger partial charge in [0.1, 0.15) is 11.4 Å². The summed E-state index contributed by atoms with van der Waals surface area (Å²) < 4.78 is 10.6. The van der Waals surface area contributed by atoms with E-state index in [4.69, 9.17) is 9.26 Å². The van der Waals surface area contributed by atoms with Crippen molar-refractivity contribution in [3.63, 3.8) is 0 Å². The maximum Gasteiger partial charge on any atom is 0.322 e. The summed E-state index contributed by atoms with van der Waals surface area (Å²) in [5.74, 6) is 0.621. The van der Waals surface area contributed by atoms with Crippen LogP contribution >= 0.6 is 0 Å². The summed E-state index contributed by atoms with van der Waals surface area (Å²) in [6, 6.07) is -0.133. The molecule has 1 aliphatic heterocycles. The summed E-state index contributed by atoms with van der Waals surface area (Å²) in [5.41, 5.74) is 1.35. The van der Waals surface area contributed by atoms with Gasteiger partial charge < -0.3 is 19.5 Å². The van der Waals surface area contributed by atoms with Crippen molar-refractivity contribution >= 4 is 11.7 Å². The van der Waals surface area contributed by atoms with Crippen molar-refractivity contribution in [3.05, 3.63) is 11.5 Å². The first-order chi connectivity index (χ1) is 8.47. The van der Waals surface area contributed by atoms with Crippen molar-refractivity contribution in [2.45, 2.75) is 39.9 Å². The molecule has 18 heavy (non-hydrogen) atoms. The second-order valence-electron chi connectivity index (χ2n) is 4.79. The van der Waals surface area contributed by atoms with Crippen LogP contribution in [-0.2, 0) is 4.74 Å².